The van der Waals surface area contributed by atoms with E-state index in [9.17, 15) is 4.79 Å². The first-order valence-electron chi connectivity index (χ1n) is 7.41. The van der Waals surface area contributed by atoms with Gasteiger partial charge >= 0.3 is 0 Å². The molecule has 2 rings (SSSR count). The molecule has 110 valence electrons. The second-order valence-corrected chi connectivity index (χ2v) is 5.20. The highest BCUT2D eigenvalue weighted by Crippen LogP contribution is 2.24. The van der Waals surface area contributed by atoms with Gasteiger partial charge in [0.15, 0.2) is 0 Å². The fourth-order valence-electron chi connectivity index (χ4n) is 2.57. The van der Waals surface area contributed by atoms with Gasteiger partial charge in [-0.05, 0) is 25.3 Å². The van der Waals surface area contributed by atoms with Crippen molar-refractivity contribution in [2.24, 2.45) is 5.92 Å². The first kappa shape index (κ1) is 14.6. The third kappa shape index (κ3) is 3.62. The Kier molecular flexibility index (Phi) is 5.21. The van der Waals surface area contributed by atoms with Crippen LogP contribution >= 0.6 is 0 Å². The van der Waals surface area contributed by atoms with Crippen molar-refractivity contribution in [3.8, 4) is 0 Å². The number of nitrogens with zero attached hydrogens (tertiary/aromatic N) is 2. The molecule has 0 atom stereocenters. The van der Waals surface area contributed by atoms with Gasteiger partial charge in [-0.15, -0.1) is 0 Å². The Morgan fingerprint density at radius 1 is 1.45 bits per heavy atom. The van der Waals surface area contributed by atoms with Crippen LogP contribution in [0.1, 0.15) is 26.2 Å². The van der Waals surface area contributed by atoms with Gasteiger partial charge in [0.1, 0.15) is 5.82 Å². The molecule has 0 unspecified atom stereocenters. The van der Waals surface area contributed by atoms with Crippen LogP contribution in [0, 0.1) is 5.92 Å². The summed E-state index contributed by atoms with van der Waals surface area (Å²) >= 11 is 0. The van der Waals surface area contributed by atoms with Gasteiger partial charge in [0.2, 0.25) is 5.91 Å². The van der Waals surface area contributed by atoms with Crippen molar-refractivity contribution in [3.63, 3.8) is 0 Å². The Bertz CT molecular complexity index is 441. The molecule has 0 aliphatic carbocycles. The topological polar surface area (TPSA) is 57.3 Å². The van der Waals surface area contributed by atoms with Gasteiger partial charge in [0.05, 0.1) is 0 Å². The van der Waals surface area contributed by atoms with Gasteiger partial charge in [-0.3, -0.25) is 4.79 Å². The number of hydrogen-bond donors (Lipinski definition) is 2. The summed E-state index contributed by atoms with van der Waals surface area (Å²) in [5.41, 5.74) is 1.19. The van der Waals surface area contributed by atoms with E-state index < -0.39 is 0 Å². The van der Waals surface area contributed by atoms with E-state index in [4.69, 9.17) is 0 Å². The minimum Gasteiger partial charge on any atom is -0.371 e. The quantitative estimate of drug-likeness (QED) is 0.862. The standard InChI is InChI=1S/C15H24N4O/c1-3-7-17-14-11-13(4-8-18-14)19-9-5-12(6-10-19)15(20)16-2/h4,8,11-12H,3,5-7,9-10H2,1-2H3,(H,16,20)(H,17,18). The zero-order valence-corrected chi connectivity index (χ0v) is 12.4. The normalized spacial score (nSPS) is 16.0. The molecule has 5 heteroatoms. The van der Waals surface area contributed by atoms with Crippen LogP contribution in [0.3, 0.4) is 0 Å². The Morgan fingerprint density at radius 3 is 2.85 bits per heavy atom. The summed E-state index contributed by atoms with van der Waals surface area (Å²) in [4.78, 5) is 18.3. The van der Waals surface area contributed by atoms with Crippen molar-refractivity contribution in [2.45, 2.75) is 26.2 Å². The molecule has 1 aromatic rings. The van der Waals surface area contributed by atoms with Crippen LogP contribution < -0.4 is 15.5 Å². The van der Waals surface area contributed by atoms with Crippen LogP contribution in [0.4, 0.5) is 11.5 Å². The second kappa shape index (κ2) is 7.12. The maximum Gasteiger partial charge on any atom is 0.222 e. The molecule has 1 aromatic heterocycles. The maximum atomic E-state index is 11.6. The Morgan fingerprint density at radius 2 is 2.20 bits per heavy atom. The van der Waals surface area contributed by atoms with Crippen molar-refractivity contribution >= 4 is 17.4 Å². The molecular weight excluding hydrogens is 252 g/mol. The number of pyridine rings is 1. The largest absolute Gasteiger partial charge is 0.371 e. The Hall–Kier alpha value is -1.78. The van der Waals surface area contributed by atoms with Gasteiger partial charge in [-0.1, -0.05) is 6.92 Å². The molecule has 5 nitrogen and oxygen atoms in total. The monoisotopic (exact) mass is 276 g/mol. The number of anilines is 2. The number of piperidine rings is 1. The minimum atomic E-state index is 0.163. The summed E-state index contributed by atoms with van der Waals surface area (Å²) in [6.07, 6.45) is 4.76. The Balaban J connectivity index is 1.94. The number of amides is 1. The maximum absolute atomic E-state index is 11.6. The zero-order chi connectivity index (χ0) is 14.4. The summed E-state index contributed by atoms with van der Waals surface area (Å²) in [5, 5.41) is 6.05. The van der Waals surface area contributed by atoms with Crippen LogP contribution in [-0.4, -0.2) is 37.6 Å². The predicted octanol–water partition coefficient (Wildman–Crippen LogP) is 1.87. The molecule has 1 saturated heterocycles. The van der Waals surface area contributed by atoms with Crippen molar-refractivity contribution in [1.29, 1.82) is 0 Å². The van der Waals surface area contributed by atoms with Crippen molar-refractivity contribution < 1.29 is 4.79 Å². The van der Waals surface area contributed by atoms with E-state index in [0.29, 0.717) is 0 Å². The van der Waals surface area contributed by atoms with Gasteiger partial charge in [-0.2, -0.15) is 0 Å². The summed E-state index contributed by atoms with van der Waals surface area (Å²) in [5.74, 6) is 1.26. The van der Waals surface area contributed by atoms with E-state index >= 15 is 0 Å². The molecule has 1 aliphatic heterocycles. The van der Waals surface area contributed by atoms with Crippen molar-refractivity contribution in [3.05, 3.63) is 18.3 Å². The number of aromatic nitrogens is 1. The average molecular weight is 276 g/mol. The van der Waals surface area contributed by atoms with E-state index in [-0.39, 0.29) is 11.8 Å². The first-order chi connectivity index (χ1) is 9.74. The van der Waals surface area contributed by atoms with Crippen LogP contribution in [0.5, 0.6) is 0 Å². The SMILES string of the molecule is CCCNc1cc(N2CCC(C(=O)NC)CC2)ccn1. The van der Waals surface area contributed by atoms with Crippen LogP contribution in [0.25, 0.3) is 0 Å². The molecule has 1 fully saturated rings. The third-order valence-corrected chi connectivity index (χ3v) is 3.78. The second-order valence-electron chi connectivity index (χ2n) is 5.20. The van der Waals surface area contributed by atoms with Gasteiger partial charge in [0, 0.05) is 50.6 Å². The first-order valence-corrected chi connectivity index (χ1v) is 7.41. The van der Waals surface area contributed by atoms with Crippen LogP contribution in [0.15, 0.2) is 18.3 Å². The molecule has 0 aromatic carbocycles. The van der Waals surface area contributed by atoms with Gasteiger partial charge in [-0.25, -0.2) is 4.98 Å². The smallest absolute Gasteiger partial charge is 0.222 e. The van der Waals surface area contributed by atoms with Crippen LogP contribution in [0.2, 0.25) is 0 Å². The molecule has 0 bridgehead atoms. The number of nitrogens with one attached hydrogen (secondary N) is 2. The van der Waals surface area contributed by atoms with E-state index in [1.54, 1.807) is 7.05 Å². The highest BCUT2D eigenvalue weighted by molar-refractivity contribution is 5.78. The number of carbonyl (C=O) groups excluding carboxylic acids is 1. The molecule has 1 aliphatic rings. The van der Waals surface area contributed by atoms with E-state index in [0.717, 1.165) is 44.7 Å². The number of carbonyl (C=O) groups is 1. The minimum absolute atomic E-state index is 0.163. The lowest BCUT2D eigenvalue weighted by Crippen LogP contribution is -2.39. The molecule has 2 N–H and O–H groups in total. The predicted molar refractivity (Wildman–Crippen MR) is 82.0 cm³/mol. The molecule has 2 heterocycles. The fraction of sp³-hybridized carbons (Fsp3) is 0.600. The van der Waals surface area contributed by atoms with Crippen molar-refractivity contribution in [2.75, 3.05) is 36.9 Å². The third-order valence-electron chi connectivity index (χ3n) is 3.78. The molecule has 0 spiro atoms. The summed E-state index contributed by atoms with van der Waals surface area (Å²) < 4.78 is 0. The van der Waals surface area contributed by atoms with E-state index in [1.165, 1.54) is 5.69 Å². The highest BCUT2D eigenvalue weighted by atomic mass is 16.1. The number of hydrogen-bond acceptors (Lipinski definition) is 4. The zero-order valence-electron chi connectivity index (χ0n) is 12.4. The lowest BCUT2D eigenvalue weighted by Gasteiger charge is -2.32. The summed E-state index contributed by atoms with van der Waals surface area (Å²) in [6, 6.07) is 4.13. The molecule has 0 saturated carbocycles. The lowest BCUT2D eigenvalue weighted by molar-refractivity contribution is -0.125. The van der Waals surface area contributed by atoms with E-state index in [1.807, 2.05) is 12.3 Å². The molecular formula is C15H24N4O. The average Bonchev–Trinajstić information content (AvgIpc) is 2.52. The lowest BCUT2D eigenvalue weighted by atomic mass is 9.95. The molecule has 1 amide bonds. The highest BCUT2D eigenvalue weighted by Gasteiger charge is 2.24. The Labute approximate surface area is 120 Å². The van der Waals surface area contributed by atoms with Gasteiger partial charge in [0.25, 0.3) is 0 Å². The summed E-state index contributed by atoms with van der Waals surface area (Å²) in [7, 11) is 1.71. The fourth-order valence-corrected chi connectivity index (χ4v) is 2.57. The van der Waals surface area contributed by atoms with Crippen molar-refractivity contribution in [1.82, 2.24) is 10.3 Å². The number of rotatable bonds is 5. The summed E-state index contributed by atoms with van der Waals surface area (Å²) in [6.45, 7) is 4.93. The van der Waals surface area contributed by atoms with E-state index in [2.05, 4.69) is 33.5 Å². The molecule has 20 heavy (non-hydrogen) atoms. The molecule has 0 radical (unpaired) electrons. The van der Waals surface area contributed by atoms with Crippen LogP contribution in [-0.2, 0) is 4.79 Å². The van der Waals surface area contributed by atoms with Gasteiger partial charge < -0.3 is 15.5 Å².